The molecule has 45 heavy (non-hydrogen) atoms. The number of fused-ring (bicyclic) bond motifs is 6. The van der Waals surface area contributed by atoms with E-state index in [4.69, 9.17) is 4.98 Å². The van der Waals surface area contributed by atoms with Crippen molar-refractivity contribution in [1.82, 2.24) is 24.1 Å². The third kappa shape index (κ3) is 4.16. The van der Waals surface area contributed by atoms with Crippen LogP contribution in [0.1, 0.15) is 0 Å². The second kappa shape index (κ2) is 10.5. The molecule has 5 aromatic heterocycles. The highest BCUT2D eigenvalue weighted by Gasteiger charge is 2.22. The number of pyridine rings is 3. The Morgan fingerprint density at radius 1 is 0.400 bits per heavy atom. The summed E-state index contributed by atoms with van der Waals surface area (Å²) >= 11 is 0. The van der Waals surface area contributed by atoms with Gasteiger partial charge in [-0.05, 0) is 60.2 Å². The van der Waals surface area contributed by atoms with Crippen molar-refractivity contribution in [2.75, 3.05) is 0 Å². The van der Waals surface area contributed by atoms with E-state index >= 15 is 0 Å². The summed E-state index contributed by atoms with van der Waals surface area (Å²) in [5.41, 5.74) is 4.26. The lowest BCUT2D eigenvalue weighted by atomic mass is 10.2. The molecule has 0 fully saturated rings. The van der Waals surface area contributed by atoms with E-state index in [1.807, 2.05) is 24.8 Å². The molecule has 0 aliphatic heterocycles. The minimum Gasteiger partial charge on any atom is -0.292 e. The van der Waals surface area contributed by atoms with Crippen molar-refractivity contribution in [3.63, 3.8) is 0 Å². The molecule has 0 aliphatic rings. The Balaban J connectivity index is 1.42. The van der Waals surface area contributed by atoms with Gasteiger partial charge in [-0.2, -0.15) is 0 Å². The molecule has 212 valence electrons. The summed E-state index contributed by atoms with van der Waals surface area (Å²) in [6.07, 6.45) is 7.63. The summed E-state index contributed by atoms with van der Waals surface area (Å²) < 4.78 is 4.53. The highest BCUT2D eigenvalue weighted by Crippen LogP contribution is 2.37. The molecule has 0 saturated heterocycles. The van der Waals surface area contributed by atoms with Crippen molar-refractivity contribution in [2.45, 2.75) is 0 Å². The van der Waals surface area contributed by atoms with Crippen LogP contribution in [0.3, 0.4) is 0 Å². The van der Waals surface area contributed by atoms with Crippen molar-refractivity contribution < 1.29 is 0 Å². The fourth-order valence-electron chi connectivity index (χ4n) is 6.58. The van der Waals surface area contributed by atoms with E-state index in [2.05, 4.69) is 153 Å². The zero-order chi connectivity index (χ0) is 29.7. The molecule has 5 heterocycles. The Morgan fingerprint density at radius 3 is 1.31 bits per heavy atom. The van der Waals surface area contributed by atoms with Gasteiger partial charge in [0.25, 0.3) is 0 Å². The fraction of sp³-hybridized carbons (Fsp3) is 0. The quantitative estimate of drug-likeness (QED) is 0.191. The van der Waals surface area contributed by atoms with Gasteiger partial charge in [0.05, 0.1) is 34.5 Å². The Bertz CT molecular complexity index is 2220. The highest BCUT2D eigenvalue weighted by atomic mass is 31.1. The van der Waals surface area contributed by atoms with Gasteiger partial charge in [-0.1, -0.05) is 97.1 Å². The summed E-state index contributed by atoms with van der Waals surface area (Å²) in [6.45, 7) is 0. The predicted octanol–water partition coefficient (Wildman–Crippen LogP) is 7.82. The summed E-state index contributed by atoms with van der Waals surface area (Å²) in [4.78, 5) is 14.6. The molecule has 0 unspecified atom stereocenters. The lowest BCUT2D eigenvalue weighted by Crippen LogP contribution is -2.22. The van der Waals surface area contributed by atoms with E-state index in [9.17, 15) is 0 Å². The Hall–Kier alpha value is -5.64. The molecule has 9 rings (SSSR count). The lowest BCUT2D eigenvalue weighted by molar-refractivity contribution is 1.01. The Labute approximate surface area is 260 Å². The third-order valence-corrected chi connectivity index (χ3v) is 10.9. The monoisotopic (exact) mass is 595 g/mol. The van der Waals surface area contributed by atoms with E-state index in [1.165, 1.54) is 26.7 Å². The number of benzene rings is 4. The van der Waals surface area contributed by atoms with Crippen LogP contribution in [0, 0.1) is 0 Å². The summed E-state index contributed by atoms with van der Waals surface area (Å²) in [6, 6.07) is 47.5. The number of rotatable bonds is 5. The summed E-state index contributed by atoms with van der Waals surface area (Å²) in [7, 11) is -0.901. The predicted molar refractivity (Wildman–Crippen MR) is 187 cm³/mol. The van der Waals surface area contributed by atoms with Gasteiger partial charge in [-0.25, -0.2) is 4.98 Å². The van der Waals surface area contributed by atoms with Gasteiger partial charge >= 0.3 is 0 Å². The van der Waals surface area contributed by atoms with Crippen LogP contribution in [0.4, 0.5) is 0 Å². The number of para-hydroxylation sites is 2. The van der Waals surface area contributed by atoms with Gasteiger partial charge < -0.3 is 0 Å². The van der Waals surface area contributed by atoms with Crippen molar-refractivity contribution in [3.05, 3.63) is 158 Å². The molecule has 0 amide bonds. The van der Waals surface area contributed by atoms with Crippen LogP contribution >= 0.6 is 7.92 Å². The first kappa shape index (κ1) is 25.8. The van der Waals surface area contributed by atoms with Crippen LogP contribution in [-0.2, 0) is 0 Å². The zero-order valence-corrected chi connectivity index (χ0v) is 25.1. The summed E-state index contributed by atoms with van der Waals surface area (Å²) in [5, 5.41) is 8.46. The molecule has 0 saturated carbocycles. The van der Waals surface area contributed by atoms with Gasteiger partial charge in [0.1, 0.15) is 11.6 Å². The van der Waals surface area contributed by atoms with Crippen molar-refractivity contribution in [3.8, 4) is 11.6 Å². The first-order chi connectivity index (χ1) is 22.3. The fourth-order valence-corrected chi connectivity index (χ4v) is 8.90. The molecule has 4 aromatic carbocycles. The molecule has 0 N–H and O–H groups in total. The van der Waals surface area contributed by atoms with Crippen molar-refractivity contribution >= 4 is 67.4 Å². The molecular weight excluding hydrogens is 569 g/mol. The smallest absolute Gasteiger partial charge is 0.140 e. The maximum absolute atomic E-state index is 5.47. The molecule has 6 heteroatoms. The number of hydrogen-bond acceptors (Lipinski definition) is 3. The molecule has 9 aromatic rings. The molecule has 0 bridgehead atoms. The van der Waals surface area contributed by atoms with Gasteiger partial charge in [0.2, 0.25) is 0 Å². The molecule has 0 radical (unpaired) electrons. The molecule has 0 atom stereocenters. The molecular formula is C39H26N5P. The molecule has 0 aliphatic carbocycles. The van der Waals surface area contributed by atoms with Crippen molar-refractivity contribution in [1.29, 1.82) is 0 Å². The Kier molecular flexibility index (Phi) is 6.03. The van der Waals surface area contributed by atoms with Crippen LogP contribution in [0.25, 0.3) is 55.2 Å². The average molecular weight is 596 g/mol. The van der Waals surface area contributed by atoms with Gasteiger partial charge in [-0.15, -0.1) is 0 Å². The first-order valence-corrected chi connectivity index (χ1v) is 16.3. The maximum Gasteiger partial charge on any atom is 0.140 e. The van der Waals surface area contributed by atoms with E-state index in [0.717, 1.165) is 44.5 Å². The number of hydrogen-bond donors (Lipinski definition) is 0. The van der Waals surface area contributed by atoms with Gasteiger partial charge in [-0.3, -0.25) is 19.1 Å². The lowest BCUT2D eigenvalue weighted by Gasteiger charge is -2.22. The van der Waals surface area contributed by atoms with E-state index in [-0.39, 0.29) is 0 Å². The topological polar surface area (TPSA) is 48.5 Å². The molecule has 5 nitrogen and oxygen atoms in total. The van der Waals surface area contributed by atoms with Crippen molar-refractivity contribution in [2.24, 2.45) is 0 Å². The van der Waals surface area contributed by atoms with E-state index in [0.29, 0.717) is 0 Å². The number of nitrogens with zero attached hydrogens (tertiary/aromatic N) is 5. The second-order valence-corrected chi connectivity index (χ2v) is 13.3. The van der Waals surface area contributed by atoms with Crippen LogP contribution in [0.15, 0.2) is 158 Å². The SMILES string of the molecule is c1ccc(P(c2ccccc2)c2cc(-n3c4ccccc4c4ccncc43)nc(-n3c4ccccc4c4ccncc43)c2)cc1. The average Bonchev–Trinajstić information content (AvgIpc) is 3.63. The standard InChI is InChI=1S/C39H26N5P/c1-3-11-27(12-4-1)45(28-13-5-2-6-14-28)29-23-38(43-34-17-9-7-15-30(34)32-19-21-40-25-36(32)43)42-39(24-29)44-35-18-10-8-16-31(35)33-20-22-41-26-37(33)44/h1-26H. The van der Waals surface area contributed by atoms with E-state index < -0.39 is 7.92 Å². The van der Waals surface area contributed by atoms with Gasteiger partial charge in [0.15, 0.2) is 0 Å². The van der Waals surface area contributed by atoms with Gasteiger partial charge in [0, 0.05) is 33.9 Å². The minimum absolute atomic E-state index is 0.857. The highest BCUT2D eigenvalue weighted by molar-refractivity contribution is 7.79. The minimum atomic E-state index is -0.901. The second-order valence-electron chi connectivity index (χ2n) is 11.0. The maximum atomic E-state index is 5.47. The van der Waals surface area contributed by atoms with E-state index in [1.54, 1.807) is 0 Å². The van der Waals surface area contributed by atoms with Crippen LogP contribution in [0.2, 0.25) is 0 Å². The first-order valence-electron chi connectivity index (χ1n) is 14.9. The molecule has 0 spiro atoms. The van der Waals surface area contributed by atoms with Crippen LogP contribution in [-0.4, -0.2) is 24.1 Å². The van der Waals surface area contributed by atoms with Crippen LogP contribution < -0.4 is 15.9 Å². The normalized spacial score (nSPS) is 11.8. The van der Waals surface area contributed by atoms with Crippen LogP contribution in [0.5, 0.6) is 0 Å². The Morgan fingerprint density at radius 2 is 0.822 bits per heavy atom. The number of aromatic nitrogens is 5. The summed E-state index contributed by atoms with van der Waals surface area (Å²) in [5.74, 6) is 1.71. The third-order valence-electron chi connectivity index (χ3n) is 8.48. The zero-order valence-electron chi connectivity index (χ0n) is 24.2. The largest absolute Gasteiger partial charge is 0.292 e.